The van der Waals surface area contributed by atoms with Gasteiger partial charge in [0.05, 0.1) is 18.9 Å². The molecule has 0 atom stereocenters. The Hall–Kier alpha value is -1.08. The summed E-state index contributed by atoms with van der Waals surface area (Å²) >= 11 is 0. The highest BCUT2D eigenvalue weighted by molar-refractivity contribution is 6.73. The molecular formula is C10H13BF3N2O-. The summed E-state index contributed by atoms with van der Waals surface area (Å²) in [5.74, 6) is 0. The lowest BCUT2D eigenvalue weighted by atomic mass is 9.81. The number of halogens is 3. The number of nitrogens with zero attached hydrogens (tertiary/aromatic N) is 2. The van der Waals surface area contributed by atoms with Crippen LogP contribution in [0.2, 0.25) is 0 Å². The van der Waals surface area contributed by atoms with E-state index in [9.17, 15) is 12.9 Å². The molecule has 1 aromatic rings. The smallest absolute Gasteiger partial charge is 0.445 e. The summed E-state index contributed by atoms with van der Waals surface area (Å²) < 4.78 is 42.3. The molecule has 0 aromatic carbocycles. The fourth-order valence-corrected chi connectivity index (χ4v) is 1.71. The molecule has 2 heterocycles. The number of ether oxygens (including phenoxy) is 1. The van der Waals surface area contributed by atoms with E-state index >= 15 is 0 Å². The molecule has 3 nitrogen and oxygen atoms in total. The molecule has 0 bridgehead atoms. The van der Waals surface area contributed by atoms with E-state index in [1.165, 1.54) is 6.07 Å². The first-order chi connectivity index (χ1) is 8.05. The van der Waals surface area contributed by atoms with Crippen LogP contribution >= 0.6 is 0 Å². The molecule has 0 radical (unpaired) electrons. The summed E-state index contributed by atoms with van der Waals surface area (Å²) in [6, 6.07) is 2.54. The van der Waals surface area contributed by atoms with Gasteiger partial charge in [-0.25, -0.2) is 0 Å². The summed E-state index contributed by atoms with van der Waals surface area (Å²) in [7, 11) is 0. The second-order valence-electron chi connectivity index (χ2n) is 4.05. The van der Waals surface area contributed by atoms with Gasteiger partial charge in [-0.2, -0.15) is 0 Å². The highest BCUT2D eigenvalue weighted by atomic mass is 19.4. The van der Waals surface area contributed by atoms with Crippen molar-refractivity contribution in [2.24, 2.45) is 0 Å². The summed E-state index contributed by atoms with van der Waals surface area (Å²) in [5.41, 5.74) is 0.0198. The fourth-order valence-electron chi connectivity index (χ4n) is 1.71. The van der Waals surface area contributed by atoms with Crippen molar-refractivity contribution in [1.82, 2.24) is 9.88 Å². The van der Waals surface area contributed by atoms with Crippen molar-refractivity contribution in [2.75, 3.05) is 26.3 Å². The van der Waals surface area contributed by atoms with Gasteiger partial charge in [0.2, 0.25) is 0 Å². The zero-order chi connectivity index (χ0) is 12.3. The van der Waals surface area contributed by atoms with Crippen LogP contribution in [-0.2, 0) is 11.3 Å². The average molecular weight is 245 g/mol. The van der Waals surface area contributed by atoms with Gasteiger partial charge in [0, 0.05) is 25.8 Å². The molecule has 1 aliphatic rings. The maximum absolute atomic E-state index is 12.4. The third kappa shape index (κ3) is 3.44. The van der Waals surface area contributed by atoms with Gasteiger partial charge in [-0.05, 0) is 6.07 Å². The first kappa shape index (κ1) is 12.4. The fraction of sp³-hybridized carbons (Fsp3) is 0.500. The number of aromatic nitrogens is 1. The van der Waals surface area contributed by atoms with Crippen molar-refractivity contribution in [3.63, 3.8) is 0 Å². The Morgan fingerprint density at radius 3 is 2.47 bits per heavy atom. The van der Waals surface area contributed by atoms with Gasteiger partial charge in [-0.1, -0.05) is 11.5 Å². The molecule has 0 saturated carbocycles. The Balaban J connectivity index is 1.98. The van der Waals surface area contributed by atoms with Crippen LogP contribution < -0.4 is 5.46 Å². The summed E-state index contributed by atoms with van der Waals surface area (Å²) in [6.07, 6.45) is 0.912. The predicted octanol–water partition coefficient (Wildman–Crippen LogP) is 0.968. The first-order valence-corrected chi connectivity index (χ1v) is 5.50. The third-order valence-corrected chi connectivity index (χ3v) is 2.71. The third-order valence-electron chi connectivity index (χ3n) is 2.71. The normalized spacial score (nSPS) is 18.3. The standard InChI is InChI=1S/C10H13BF3N2O/c12-11(13,14)9-1-2-10(15-7-9)8-16-3-5-17-6-4-16/h1-2,7H,3-6,8H2/q-1. The number of morpholine rings is 1. The number of pyridine rings is 1. The molecule has 0 spiro atoms. The minimum Gasteiger partial charge on any atom is -0.445 e. The van der Waals surface area contributed by atoms with E-state index in [1.807, 2.05) is 0 Å². The molecular weight excluding hydrogens is 232 g/mol. The van der Waals surface area contributed by atoms with Gasteiger partial charge in [0.1, 0.15) is 0 Å². The van der Waals surface area contributed by atoms with Crippen molar-refractivity contribution in [2.45, 2.75) is 6.54 Å². The Morgan fingerprint density at radius 2 is 1.94 bits per heavy atom. The molecule has 0 amide bonds. The molecule has 2 rings (SSSR count). The Labute approximate surface area is 97.6 Å². The molecule has 1 fully saturated rings. The van der Waals surface area contributed by atoms with Crippen molar-refractivity contribution in [3.05, 3.63) is 24.0 Å². The van der Waals surface area contributed by atoms with Crippen LogP contribution in [0.4, 0.5) is 12.9 Å². The van der Waals surface area contributed by atoms with Crippen molar-refractivity contribution >= 4 is 12.4 Å². The van der Waals surface area contributed by atoms with E-state index in [2.05, 4.69) is 9.88 Å². The SMILES string of the molecule is F[B-](F)(F)c1ccc(CN2CCOCC2)nc1. The average Bonchev–Trinajstić information content (AvgIpc) is 2.30. The molecule has 1 aromatic heterocycles. The van der Waals surface area contributed by atoms with Crippen LogP contribution in [0.15, 0.2) is 18.3 Å². The summed E-state index contributed by atoms with van der Waals surface area (Å²) in [6.45, 7) is -1.43. The largest absolute Gasteiger partial charge is 0.511 e. The summed E-state index contributed by atoms with van der Waals surface area (Å²) in [4.78, 5) is 5.97. The van der Waals surface area contributed by atoms with E-state index in [4.69, 9.17) is 4.74 Å². The molecule has 0 unspecified atom stereocenters. The lowest BCUT2D eigenvalue weighted by Gasteiger charge is -2.26. The van der Waals surface area contributed by atoms with Crippen molar-refractivity contribution in [1.29, 1.82) is 0 Å². The lowest BCUT2D eigenvalue weighted by Crippen LogP contribution is -2.37. The van der Waals surface area contributed by atoms with E-state index in [0.717, 1.165) is 25.4 Å². The Morgan fingerprint density at radius 1 is 1.24 bits per heavy atom. The Bertz CT molecular complexity index is 363. The van der Waals surface area contributed by atoms with Gasteiger partial charge in [-0.3, -0.25) is 9.88 Å². The zero-order valence-electron chi connectivity index (χ0n) is 9.28. The number of hydrogen-bond donors (Lipinski definition) is 0. The van der Waals surface area contributed by atoms with E-state index < -0.39 is 12.4 Å². The maximum Gasteiger partial charge on any atom is 0.511 e. The lowest BCUT2D eigenvalue weighted by molar-refractivity contribution is 0.0336. The topological polar surface area (TPSA) is 25.4 Å². The van der Waals surface area contributed by atoms with Crippen LogP contribution in [0.1, 0.15) is 5.69 Å². The second-order valence-corrected chi connectivity index (χ2v) is 4.05. The molecule has 17 heavy (non-hydrogen) atoms. The van der Waals surface area contributed by atoms with E-state index in [-0.39, 0.29) is 0 Å². The molecule has 1 saturated heterocycles. The monoisotopic (exact) mass is 245 g/mol. The highest BCUT2D eigenvalue weighted by Gasteiger charge is 2.25. The van der Waals surface area contributed by atoms with Crippen LogP contribution in [0.25, 0.3) is 0 Å². The van der Waals surface area contributed by atoms with Crippen LogP contribution in [0.5, 0.6) is 0 Å². The molecule has 0 N–H and O–H groups in total. The number of hydrogen-bond acceptors (Lipinski definition) is 3. The molecule has 94 valence electrons. The van der Waals surface area contributed by atoms with Crippen LogP contribution in [0, 0.1) is 0 Å². The van der Waals surface area contributed by atoms with E-state index in [0.29, 0.717) is 25.5 Å². The first-order valence-electron chi connectivity index (χ1n) is 5.50. The number of rotatable bonds is 3. The highest BCUT2D eigenvalue weighted by Crippen LogP contribution is 2.09. The molecule has 7 heteroatoms. The van der Waals surface area contributed by atoms with Gasteiger partial charge in [-0.15, -0.1) is 0 Å². The minimum atomic E-state index is -4.94. The van der Waals surface area contributed by atoms with Crippen molar-refractivity contribution < 1.29 is 17.7 Å². The molecule has 0 aliphatic carbocycles. The van der Waals surface area contributed by atoms with Gasteiger partial charge in [0.15, 0.2) is 0 Å². The van der Waals surface area contributed by atoms with Crippen LogP contribution in [-0.4, -0.2) is 43.2 Å². The van der Waals surface area contributed by atoms with E-state index in [1.54, 1.807) is 0 Å². The van der Waals surface area contributed by atoms with Crippen molar-refractivity contribution in [3.8, 4) is 0 Å². The van der Waals surface area contributed by atoms with Gasteiger partial charge < -0.3 is 17.7 Å². The maximum atomic E-state index is 12.4. The van der Waals surface area contributed by atoms with Gasteiger partial charge >= 0.3 is 6.98 Å². The summed E-state index contributed by atoms with van der Waals surface area (Å²) in [5, 5.41) is 0. The minimum absolute atomic E-state index is 0.578. The van der Waals surface area contributed by atoms with Crippen LogP contribution in [0.3, 0.4) is 0 Å². The predicted molar refractivity (Wildman–Crippen MR) is 59.0 cm³/mol. The zero-order valence-corrected chi connectivity index (χ0v) is 9.28. The second kappa shape index (κ2) is 5.06. The molecule has 1 aliphatic heterocycles. The Kier molecular flexibility index (Phi) is 3.68. The van der Waals surface area contributed by atoms with Gasteiger partial charge in [0.25, 0.3) is 0 Å². The quantitative estimate of drug-likeness (QED) is 0.742.